The molecule has 0 saturated heterocycles. The second-order valence-corrected chi connectivity index (χ2v) is 9.13. The van der Waals surface area contributed by atoms with Crippen molar-refractivity contribution < 1.29 is 22.7 Å². The van der Waals surface area contributed by atoms with Crippen LogP contribution in [-0.2, 0) is 19.6 Å². The number of ether oxygens (including phenoxy) is 1. The summed E-state index contributed by atoms with van der Waals surface area (Å²) in [5.74, 6) is -0.217. The van der Waals surface area contributed by atoms with E-state index in [2.05, 4.69) is 10.6 Å². The Morgan fingerprint density at radius 2 is 1.64 bits per heavy atom. The molecule has 1 aromatic rings. The van der Waals surface area contributed by atoms with Crippen LogP contribution in [0.3, 0.4) is 0 Å². The first-order chi connectivity index (χ1) is 13.0. The van der Waals surface area contributed by atoms with Gasteiger partial charge in [-0.3, -0.25) is 4.79 Å². The number of carbonyl (C=O) groups excluding carboxylic acids is 2. The van der Waals surface area contributed by atoms with Crippen LogP contribution in [0.2, 0.25) is 0 Å². The van der Waals surface area contributed by atoms with Crippen LogP contribution in [0.1, 0.15) is 47.5 Å². The Balaban J connectivity index is 2.48. The molecule has 0 aromatic heterocycles. The number of sulfonamides is 1. The maximum absolute atomic E-state index is 12.4. The van der Waals surface area contributed by atoms with Gasteiger partial charge in [-0.15, -0.1) is 0 Å². The third-order valence-electron chi connectivity index (χ3n) is 3.73. The summed E-state index contributed by atoms with van der Waals surface area (Å²) in [5, 5.41) is 5.30. The number of rotatable bonds is 9. The zero-order valence-corrected chi connectivity index (χ0v) is 18.1. The number of hydrogen-bond acceptors (Lipinski definition) is 5. The van der Waals surface area contributed by atoms with E-state index in [1.54, 1.807) is 46.8 Å². The van der Waals surface area contributed by atoms with Crippen molar-refractivity contribution in [3.8, 4) is 0 Å². The summed E-state index contributed by atoms with van der Waals surface area (Å²) in [6.45, 7) is 10.0. The SMILES string of the molecule is CCN(CC)S(=O)(=O)c1ccc(NC(=O)CCCNC(=O)OC(C)(C)C)cc1. The minimum atomic E-state index is -3.52. The summed E-state index contributed by atoms with van der Waals surface area (Å²) < 4.78 is 31.4. The standard InChI is InChI=1S/C19H31N3O5S/c1-6-22(7-2)28(25,26)16-12-10-15(11-13-16)21-17(23)9-8-14-20-18(24)27-19(3,4)5/h10-13H,6-9,14H2,1-5H3,(H,20,24)(H,21,23). The highest BCUT2D eigenvalue weighted by Gasteiger charge is 2.21. The molecule has 0 atom stereocenters. The Kier molecular flexibility index (Phi) is 8.90. The van der Waals surface area contributed by atoms with Crippen molar-refractivity contribution in [1.29, 1.82) is 0 Å². The number of hydrogen-bond donors (Lipinski definition) is 2. The maximum Gasteiger partial charge on any atom is 0.407 e. The second-order valence-electron chi connectivity index (χ2n) is 7.19. The van der Waals surface area contributed by atoms with E-state index in [9.17, 15) is 18.0 Å². The molecule has 0 spiro atoms. The average molecular weight is 414 g/mol. The Morgan fingerprint density at radius 1 is 1.07 bits per heavy atom. The number of nitrogens with one attached hydrogen (secondary N) is 2. The summed E-state index contributed by atoms with van der Waals surface area (Å²) in [7, 11) is -3.52. The molecular formula is C19H31N3O5S. The second kappa shape index (κ2) is 10.4. The van der Waals surface area contributed by atoms with Crippen LogP contribution >= 0.6 is 0 Å². The summed E-state index contributed by atoms with van der Waals surface area (Å²) in [4.78, 5) is 23.7. The molecular weight excluding hydrogens is 382 g/mol. The van der Waals surface area contributed by atoms with Crippen molar-refractivity contribution in [3.05, 3.63) is 24.3 Å². The van der Waals surface area contributed by atoms with Gasteiger partial charge in [0.25, 0.3) is 0 Å². The molecule has 1 rings (SSSR count). The Labute approximate surface area is 167 Å². The molecule has 0 bridgehead atoms. The highest BCUT2D eigenvalue weighted by Crippen LogP contribution is 2.18. The van der Waals surface area contributed by atoms with E-state index in [0.717, 1.165) is 0 Å². The molecule has 9 heteroatoms. The zero-order valence-electron chi connectivity index (χ0n) is 17.2. The highest BCUT2D eigenvalue weighted by atomic mass is 32.2. The van der Waals surface area contributed by atoms with Gasteiger partial charge in [0.2, 0.25) is 15.9 Å². The number of benzene rings is 1. The number of carbonyl (C=O) groups is 2. The van der Waals surface area contributed by atoms with E-state index < -0.39 is 21.7 Å². The monoisotopic (exact) mass is 413 g/mol. The van der Waals surface area contributed by atoms with Crippen LogP contribution in [0.5, 0.6) is 0 Å². The molecule has 1 aromatic carbocycles. The Bertz CT molecular complexity index is 751. The number of alkyl carbamates (subject to hydrolysis) is 1. The molecule has 28 heavy (non-hydrogen) atoms. The lowest BCUT2D eigenvalue weighted by Crippen LogP contribution is -2.33. The van der Waals surface area contributed by atoms with Crippen molar-refractivity contribution in [2.45, 2.75) is 58.0 Å². The lowest BCUT2D eigenvalue weighted by Gasteiger charge is -2.19. The molecule has 0 aliphatic rings. The molecule has 8 nitrogen and oxygen atoms in total. The van der Waals surface area contributed by atoms with E-state index in [1.165, 1.54) is 16.4 Å². The smallest absolute Gasteiger partial charge is 0.407 e. The predicted molar refractivity (Wildman–Crippen MR) is 109 cm³/mol. The highest BCUT2D eigenvalue weighted by molar-refractivity contribution is 7.89. The summed E-state index contributed by atoms with van der Waals surface area (Å²) in [6, 6.07) is 6.08. The maximum atomic E-state index is 12.4. The van der Waals surface area contributed by atoms with E-state index in [1.807, 2.05) is 0 Å². The fraction of sp³-hybridized carbons (Fsp3) is 0.579. The van der Waals surface area contributed by atoms with Crippen molar-refractivity contribution in [2.75, 3.05) is 25.0 Å². The van der Waals surface area contributed by atoms with Gasteiger partial charge < -0.3 is 15.4 Å². The predicted octanol–water partition coefficient (Wildman–Crippen LogP) is 2.96. The van der Waals surface area contributed by atoms with Gasteiger partial charge in [0.15, 0.2) is 0 Å². The molecule has 0 saturated carbocycles. The first-order valence-electron chi connectivity index (χ1n) is 9.36. The van der Waals surface area contributed by atoms with Crippen molar-refractivity contribution in [3.63, 3.8) is 0 Å². The molecule has 2 amide bonds. The van der Waals surface area contributed by atoms with Crippen LogP contribution < -0.4 is 10.6 Å². The lowest BCUT2D eigenvalue weighted by molar-refractivity contribution is -0.116. The molecule has 0 fully saturated rings. The average Bonchev–Trinajstić information content (AvgIpc) is 2.58. The van der Waals surface area contributed by atoms with Gasteiger partial charge in [-0.1, -0.05) is 13.8 Å². The quantitative estimate of drug-likeness (QED) is 0.606. The fourth-order valence-corrected chi connectivity index (χ4v) is 3.86. The van der Waals surface area contributed by atoms with Crippen molar-refractivity contribution >= 4 is 27.7 Å². The van der Waals surface area contributed by atoms with E-state index in [4.69, 9.17) is 4.74 Å². The largest absolute Gasteiger partial charge is 0.444 e. The van der Waals surface area contributed by atoms with Gasteiger partial charge in [-0.25, -0.2) is 13.2 Å². The molecule has 0 heterocycles. The Hall–Kier alpha value is -2.13. The zero-order chi connectivity index (χ0) is 21.4. The van der Waals surface area contributed by atoms with Gasteiger partial charge >= 0.3 is 6.09 Å². The molecule has 0 unspecified atom stereocenters. The van der Waals surface area contributed by atoms with Gasteiger partial charge in [-0.2, -0.15) is 4.31 Å². The van der Waals surface area contributed by atoms with Crippen molar-refractivity contribution in [1.82, 2.24) is 9.62 Å². The van der Waals surface area contributed by atoms with Gasteiger partial charge in [-0.05, 0) is 51.5 Å². The van der Waals surface area contributed by atoms with Crippen LogP contribution in [0, 0.1) is 0 Å². The van der Waals surface area contributed by atoms with Crippen LogP contribution in [0.25, 0.3) is 0 Å². The Morgan fingerprint density at radius 3 is 2.14 bits per heavy atom. The lowest BCUT2D eigenvalue weighted by atomic mass is 10.2. The summed E-state index contributed by atoms with van der Waals surface area (Å²) in [6.07, 6.45) is 0.160. The normalized spacial score (nSPS) is 11.9. The minimum Gasteiger partial charge on any atom is -0.444 e. The molecule has 0 aliphatic heterocycles. The molecule has 158 valence electrons. The van der Waals surface area contributed by atoms with E-state index >= 15 is 0 Å². The van der Waals surface area contributed by atoms with Crippen LogP contribution in [0.4, 0.5) is 10.5 Å². The van der Waals surface area contributed by atoms with E-state index in [0.29, 0.717) is 31.7 Å². The van der Waals surface area contributed by atoms with E-state index in [-0.39, 0.29) is 17.2 Å². The summed E-state index contributed by atoms with van der Waals surface area (Å²) in [5.41, 5.74) is -0.0459. The van der Waals surface area contributed by atoms with Crippen LogP contribution in [0.15, 0.2) is 29.2 Å². The first kappa shape index (κ1) is 23.9. The third kappa shape index (κ3) is 7.85. The first-order valence-corrected chi connectivity index (χ1v) is 10.8. The van der Waals surface area contributed by atoms with Gasteiger partial charge in [0.05, 0.1) is 4.90 Å². The fourth-order valence-electron chi connectivity index (χ4n) is 2.40. The number of nitrogens with zero attached hydrogens (tertiary/aromatic N) is 1. The molecule has 0 aliphatic carbocycles. The number of amides is 2. The van der Waals surface area contributed by atoms with Crippen LogP contribution in [-0.4, -0.2) is 50.0 Å². The minimum absolute atomic E-state index is 0.191. The third-order valence-corrected chi connectivity index (χ3v) is 5.79. The molecule has 2 N–H and O–H groups in total. The van der Waals surface area contributed by atoms with Crippen molar-refractivity contribution in [2.24, 2.45) is 0 Å². The van der Waals surface area contributed by atoms with Gasteiger partial charge in [0, 0.05) is 31.7 Å². The summed E-state index contributed by atoms with van der Waals surface area (Å²) >= 11 is 0. The van der Waals surface area contributed by atoms with Gasteiger partial charge in [0.1, 0.15) is 5.60 Å². The number of anilines is 1. The molecule has 0 radical (unpaired) electrons. The topological polar surface area (TPSA) is 105 Å².